The second kappa shape index (κ2) is 11.0. The molecule has 0 aromatic heterocycles. The summed E-state index contributed by atoms with van der Waals surface area (Å²) in [6, 6.07) is 10.3. The molecule has 1 aromatic rings. The molecule has 0 aliphatic rings. The van der Waals surface area contributed by atoms with Crippen LogP contribution in [0.4, 0.5) is 0 Å². The molecule has 1 atom stereocenters. The summed E-state index contributed by atoms with van der Waals surface area (Å²) in [5.41, 5.74) is 1.27. The van der Waals surface area contributed by atoms with Crippen LogP contribution in [-0.4, -0.2) is 17.8 Å². The monoisotopic (exact) mass is 263 g/mol. The number of hydrogen-bond acceptors (Lipinski definition) is 2. The van der Waals surface area contributed by atoms with E-state index in [9.17, 15) is 5.11 Å². The van der Waals surface area contributed by atoms with Crippen molar-refractivity contribution >= 4 is 0 Å². The van der Waals surface area contributed by atoms with Crippen molar-refractivity contribution in [2.24, 2.45) is 0 Å². The van der Waals surface area contributed by atoms with Crippen LogP contribution in [0.2, 0.25) is 0 Å². The molecule has 1 unspecified atom stereocenters. The van der Waals surface area contributed by atoms with Gasteiger partial charge in [0.15, 0.2) is 0 Å². The number of aliphatic hydroxyl groups excluding tert-OH is 1. The Balaban J connectivity index is 1.94. The Labute approximate surface area is 118 Å². The Morgan fingerprint density at radius 2 is 1.68 bits per heavy atom. The standard InChI is InChI=1S/C17H29NO/c1-2-3-4-5-6-10-13-17(19)15-18-14-16-11-8-7-9-12-16/h7-9,11-12,17-19H,2-6,10,13-15H2,1H3. The highest BCUT2D eigenvalue weighted by Gasteiger charge is 2.03. The van der Waals surface area contributed by atoms with E-state index in [4.69, 9.17) is 0 Å². The smallest absolute Gasteiger partial charge is 0.0664 e. The van der Waals surface area contributed by atoms with Gasteiger partial charge in [-0.1, -0.05) is 75.8 Å². The molecule has 0 saturated heterocycles. The molecule has 0 aliphatic heterocycles. The van der Waals surface area contributed by atoms with Crippen molar-refractivity contribution in [3.05, 3.63) is 35.9 Å². The van der Waals surface area contributed by atoms with Gasteiger partial charge in [0.25, 0.3) is 0 Å². The zero-order valence-electron chi connectivity index (χ0n) is 12.3. The molecule has 0 radical (unpaired) electrons. The first-order chi connectivity index (χ1) is 9.33. The van der Waals surface area contributed by atoms with Crippen LogP contribution in [0.25, 0.3) is 0 Å². The average molecular weight is 263 g/mol. The van der Waals surface area contributed by atoms with Crippen molar-refractivity contribution in [3.8, 4) is 0 Å². The average Bonchev–Trinajstić information content (AvgIpc) is 2.44. The van der Waals surface area contributed by atoms with E-state index in [1.165, 1.54) is 37.7 Å². The maximum Gasteiger partial charge on any atom is 0.0664 e. The minimum atomic E-state index is -0.199. The normalized spacial score (nSPS) is 12.5. The van der Waals surface area contributed by atoms with Gasteiger partial charge in [-0.3, -0.25) is 0 Å². The van der Waals surface area contributed by atoms with E-state index in [0.29, 0.717) is 6.54 Å². The van der Waals surface area contributed by atoms with E-state index < -0.39 is 0 Å². The Morgan fingerprint density at radius 1 is 1.00 bits per heavy atom. The summed E-state index contributed by atoms with van der Waals surface area (Å²) in [5.74, 6) is 0. The molecule has 108 valence electrons. The summed E-state index contributed by atoms with van der Waals surface area (Å²) in [6.07, 6.45) is 8.45. The van der Waals surface area contributed by atoms with Gasteiger partial charge in [0.1, 0.15) is 0 Å². The lowest BCUT2D eigenvalue weighted by Crippen LogP contribution is -2.26. The van der Waals surface area contributed by atoms with Crippen LogP contribution in [-0.2, 0) is 6.54 Å². The van der Waals surface area contributed by atoms with Crippen molar-refractivity contribution < 1.29 is 5.11 Å². The van der Waals surface area contributed by atoms with Crippen LogP contribution in [0, 0.1) is 0 Å². The summed E-state index contributed by atoms with van der Waals surface area (Å²) in [5, 5.41) is 13.2. The fraction of sp³-hybridized carbons (Fsp3) is 0.647. The van der Waals surface area contributed by atoms with Crippen LogP contribution in [0.5, 0.6) is 0 Å². The van der Waals surface area contributed by atoms with Crippen molar-refractivity contribution in [1.82, 2.24) is 5.32 Å². The molecule has 0 saturated carbocycles. The zero-order chi connectivity index (χ0) is 13.8. The van der Waals surface area contributed by atoms with Crippen molar-refractivity contribution in [2.75, 3.05) is 6.54 Å². The SMILES string of the molecule is CCCCCCCCC(O)CNCc1ccccc1. The zero-order valence-corrected chi connectivity index (χ0v) is 12.3. The molecule has 1 aromatic carbocycles. The molecule has 2 heteroatoms. The maximum absolute atomic E-state index is 9.87. The highest BCUT2D eigenvalue weighted by Crippen LogP contribution is 2.08. The van der Waals surface area contributed by atoms with Gasteiger partial charge in [-0.2, -0.15) is 0 Å². The summed E-state index contributed by atoms with van der Waals surface area (Å²) in [7, 11) is 0. The lowest BCUT2D eigenvalue weighted by molar-refractivity contribution is 0.157. The Kier molecular flexibility index (Phi) is 9.38. The topological polar surface area (TPSA) is 32.3 Å². The van der Waals surface area contributed by atoms with Gasteiger partial charge in [0, 0.05) is 13.1 Å². The third-order valence-electron chi connectivity index (χ3n) is 3.44. The first-order valence-corrected chi connectivity index (χ1v) is 7.75. The van der Waals surface area contributed by atoms with E-state index >= 15 is 0 Å². The summed E-state index contributed by atoms with van der Waals surface area (Å²) in [4.78, 5) is 0. The first-order valence-electron chi connectivity index (χ1n) is 7.75. The highest BCUT2D eigenvalue weighted by atomic mass is 16.3. The summed E-state index contributed by atoms with van der Waals surface area (Å²) in [6.45, 7) is 3.78. The molecule has 2 N–H and O–H groups in total. The Hall–Kier alpha value is -0.860. The van der Waals surface area contributed by atoms with Gasteiger partial charge in [0.2, 0.25) is 0 Å². The molecule has 0 bridgehead atoms. The summed E-state index contributed by atoms with van der Waals surface area (Å²) < 4.78 is 0. The van der Waals surface area contributed by atoms with E-state index in [1.54, 1.807) is 0 Å². The maximum atomic E-state index is 9.87. The van der Waals surface area contributed by atoms with Crippen molar-refractivity contribution in [2.45, 2.75) is 64.5 Å². The lowest BCUT2D eigenvalue weighted by atomic mass is 10.1. The predicted octanol–water partition coefficient (Wildman–Crippen LogP) is 3.89. The first kappa shape index (κ1) is 16.2. The van der Waals surface area contributed by atoms with Crippen LogP contribution in [0.3, 0.4) is 0 Å². The number of aliphatic hydroxyl groups is 1. The molecule has 0 spiro atoms. The number of nitrogens with one attached hydrogen (secondary N) is 1. The molecular weight excluding hydrogens is 234 g/mol. The van der Waals surface area contributed by atoms with E-state index in [-0.39, 0.29) is 6.10 Å². The molecule has 0 amide bonds. The molecule has 1 rings (SSSR count). The van der Waals surface area contributed by atoms with Crippen LogP contribution in [0.15, 0.2) is 30.3 Å². The fourth-order valence-electron chi connectivity index (χ4n) is 2.24. The van der Waals surface area contributed by atoms with Gasteiger partial charge in [-0.05, 0) is 12.0 Å². The Morgan fingerprint density at radius 3 is 2.42 bits per heavy atom. The quantitative estimate of drug-likeness (QED) is 0.594. The molecule has 19 heavy (non-hydrogen) atoms. The third kappa shape index (κ3) is 8.79. The minimum Gasteiger partial charge on any atom is -0.392 e. The molecule has 0 fully saturated rings. The van der Waals surface area contributed by atoms with E-state index in [1.807, 2.05) is 18.2 Å². The second-order valence-corrected chi connectivity index (χ2v) is 5.33. The van der Waals surface area contributed by atoms with Crippen LogP contribution < -0.4 is 5.32 Å². The number of unbranched alkanes of at least 4 members (excludes halogenated alkanes) is 5. The van der Waals surface area contributed by atoms with E-state index in [0.717, 1.165) is 19.4 Å². The van der Waals surface area contributed by atoms with Crippen LogP contribution in [0.1, 0.15) is 57.4 Å². The van der Waals surface area contributed by atoms with Crippen LogP contribution >= 0.6 is 0 Å². The van der Waals surface area contributed by atoms with Crippen molar-refractivity contribution in [3.63, 3.8) is 0 Å². The molecule has 0 heterocycles. The molecule has 2 nitrogen and oxygen atoms in total. The number of hydrogen-bond donors (Lipinski definition) is 2. The molecular formula is C17H29NO. The largest absolute Gasteiger partial charge is 0.392 e. The van der Waals surface area contributed by atoms with Gasteiger partial charge in [-0.25, -0.2) is 0 Å². The summed E-state index contributed by atoms with van der Waals surface area (Å²) >= 11 is 0. The van der Waals surface area contributed by atoms with Gasteiger partial charge in [0.05, 0.1) is 6.10 Å². The van der Waals surface area contributed by atoms with Crippen molar-refractivity contribution in [1.29, 1.82) is 0 Å². The van der Waals surface area contributed by atoms with Gasteiger partial charge >= 0.3 is 0 Å². The Bertz CT molecular complexity index is 299. The van der Waals surface area contributed by atoms with E-state index in [2.05, 4.69) is 24.4 Å². The highest BCUT2D eigenvalue weighted by molar-refractivity contribution is 5.14. The third-order valence-corrected chi connectivity index (χ3v) is 3.44. The fourth-order valence-corrected chi connectivity index (χ4v) is 2.24. The lowest BCUT2D eigenvalue weighted by Gasteiger charge is -2.11. The number of benzene rings is 1. The predicted molar refractivity (Wildman–Crippen MR) is 82.1 cm³/mol. The molecule has 0 aliphatic carbocycles. The number of rotatable bonds is 11. The second-order valence-electron chi connectivity index (χ2n) is 5.33. The minimum absolute atomic E-state index is 0.199. The van der Waals surface area contributed by atoms with Gasteiger partial charge in [-0.15, -0.1) is 0 Å². The van der Waals surface area contributed by atoms with Gasteiger partial charge < -0.3 is 10.4 Å².